The zero-order chi connectivity index (χ0) is 12.4. The van der Waals surface area contributed by atoms with Crippen molar-refractivity contribution in [3.05, 3.63) is 0 Å². The summed E-state index contributed by atoms with van der Waals surface area (Å²) in [5, 5.41) is 0. The monoisotopic (exact) mass is 356 g/mol. The van der Waals surface area contributed by atoms with Crippen molar-refractivity contribution >= 4 is 22.6 Å². The summed E-state index contributed by atoms with van der Waals surface area (Å²) >= 11 is 2.46. The first-order valence-corrected chi connectivity index (χ1v) is 8.12. The first kappa shape index (κ1) is 15.7. The molecule has 0 amide bonds. The normalized spacial score (nSPS) is 19.4. The van der Waals surface area contributed by atoms with Gasteiger partial charge in [-0.3, -0.25) is 0 Å². The summed E-state index contributed by atoms with van der Waals surface area (Å²) in [5.74, 6) is 0. The van der Waals surface area contributed by atoms with Gasteiger partial charge in [0.05, 0.1) is 18.8 Å². The summed E-state index contributed by atoms with van der Waals surface area (Å²) in [6.07, 6.45) is 7.41. The highest BCUT2D eigenvalue weighted by atomic mass is 127. The fourth-order valence-electron chi connectivity index (χ4n) is 2.24. The van der Waals surface area contributed by atoms with Gasteiger partial charge < -0.3 is 14.2 Å². The van der Waals surface area contributed by atoms with Crippen molar-refractivity contribution in [2.24, 2.45) is 0 Å². The number of rotatable bonds is 9. The van der Waals surface area contributed by atoms with Crippen LogP contribution in [-0.4, -0.2) is 43.6 Å². The molecule has 1 fully saturated rings. The lowest BCUT2D eigenvalue weighted by molar-refractivity contribution is -0.0717. The van der Waals surface area contributed by atoms with E-state index in [1.807, 2.05) is 0 Å². The molecule has 0 aromatic carbocycles. The molecule has 0 N–H and O–H groups in total. The van der Waals surface area contributed by atoms with E-state index in [-0.39, 0.29) is 5.60 Å². The average molecular weight is 356 g/mol. The van der Waals surface area contributed by atoms with Crippen molar-refractivity contribution in [3.8, 4) is 0 Å². The summed E-state index contributed by atoms with van der Waals surface area (Å²) in [4.78, 5) is 0. The van der Waals surface area contributed by atoms with Gasteiger partial charge in [0.1, 0.15) is 0 Å². The maximum absolute atomic E-state index is 6.06. The zero-order valence-electron chi connectivity index (χ0n) is 10.9. The van der Waals surface area contributed by atoms with Gasteiger partial charge in [0.25, 0.3) is 0 Å². The molecule has 1 rings (SSSR count). The average Bonchev–Trinajstić information content (AvgIpc) is 2.39. The second-order valence-electron chi connectivity index (χ2n) is 4.68. The van der Waals surface area contributed by atoms with E-state index in [9.17, 15) is 0 Å². The van der Waals surface area contributed by atoms with Crippen LogP contribution in [0.1, 0.15) is 38.5 Å². The van der Waals surface area contributed by atoms with Crippen molar-refractivity contribution in [2.75, 3.05) is 38.0 Å². The molecular formula is C13H25IO3. The summed E-state index contributed by atoms with van der Waals surface area (Å²) in [6.45, 7) is 2.99. The molecule has 0 spiro atoms. The maximum Gasteiger partial charge on any atom is 0.0772 e. The van der Waals surface area contributed by atoms with E-state index in [1.54, 1.807) is 7.11 Å². The smallest absolute Gasteiger partial charge is 0.0772 e. The Morgan fingerprint density at radius 3 is 2.41 bits per heavy atom. The van der Waals surface area contributed by atoms with E-state index >= 15 is 0 Å². The van der Waals surface area contributed by atoms with Crippen molar-refractivity contribution in [1.82, 2.24) is 0 Å². The Kier molecular flexibility index (Phi) is 8.78. The van der Waals surface area contributed by atoms with Crippen molar-refractivity contribution in [3.63, 3.8) is 0 Å². The molecule has 1 saturated carbocycles. The molecule has 0 radical (unpaired) electrons. The lowest BCUT2D eigenvalue weighted by Crippen LogP contribution is -2.37. The molecule has 1 aliphatic rings. The summed E-state index contributed by atoms with van der Waals surface area (Å²) in [7, 11) is 1.72. The van der Waals surface area contributed by atoms with Crippen LogP contribution in [0.3, 0.4) is 0 Å². The first-order valence-electron chi connectivity index (χ1n) is 6.59. The van der Waals surface area contributed by atoms with Crippen LogP contribution in [0.25, 0.3) is 0 Å². The van der Waals surface area contributed by atoms with Crippen LogP contribution >= 0.6 is 22.6 Å². The minimum atomic E-state index is 0.148. The predicted molar refractivity (Wildman–Crippen MR) is 78.0 cm³/mol. The van der Waals surface area contributed by atoms with Crippen molar-refractivity contribution < 1.29 is 14.2 Å². The third-order valence-corrected chi connectivity index (χ3v) is 4.67. The van der Waals surface area contributed by atoms with E-state index in [1.165, 1.54) is 32.1 Å². The minimum Gasteiger partial charge on any atom is -0.385 e. The Balaban J connectivity index is 2.03. The van der Waals surface area contributed by atoms with E-state index in [2.05, 4.69) is 22.6 Å². The van der Waals surface area contributed by atoms with Gasteiger partial charge in [-0.1, -0.05) is 41.9 Å². The van der Waals surface area contributed by atoms with E-state index in [4.69, 9.17) is 14.2 Å². The van der Waals surface area contributed by atoms with Gasteiger partial charge in [-0.2, -0.15) is 0 Å². The van der Waals surface area contributed by atoms with Crippen LogP contribution in [0.5, 0.6) is 0 Å². The molecule has 0 aliphatic heterocycles. The van der Waals surface area contributed by atoms with E-state index in [0.717, 1.165) is 30.7 Å². The molecule has 0 saturated heterocycles. The van der Waals surface area contributed by atoms with Crippen LogP contribution in [0.4, 0.5) is 0 Å². The highest BCUT2D eigenvalue weighted by molar-refractivity contribution is 14.1. The van der Waals surface area contributed by atoms with Crippen LogP contribution in [0.2, 0.25) is 0 Å². The number of halogens is 1. The second-order valence-corrected chi connectivity index (χ2v) is 5.45. The summed E-state index contributed by atoms with van der Waals surface area (Å²) < 4.78 is 17.6. The van der Waals surface area contributed by atoms with Crippen molar-refractivity contribution in [1.29, 1.82) is 0 Å². The van der Waals surface area contributed by atoms with Crippen LogP contribution in [0, 0.1) is 0 Å². The molecule has 0 bridgehead atoms. The third-order valence-electron chi connectivity index (χ3n) is 3.28. The van der Waals surface area contributed by atoms with Gasteiger partial charge in [0, 0.05) is 24.8 Å². The number of hydrogen-bond acceptors (Lipinski definition) is 3. The SMILES string of the molecule is COCCCOCCOC1(CI)CCCCC1. The largest absolute Gasteiger partial charge is 0.385 e. The van der Waals surface area contributed by atoms with Gasteiger partial charge in [-0.15, -0.1) is 0 Å². The van der Waals surface area contributed by atoms with Crippen LogP contribution in [-0.2, 0) is 14.2 Å². The molecule has 0 heterocycles. The molecular weight excluding hydrogens is 331 g/mol. The number of methoxy groups -OCH3 is 1. The fourth-order valence-corrected chi connectivity index (χ4v) is 3.22. The first-order chi connectivity index (χ1) is 8.33. The summed E-state index contributed by atoms with van der Waals surface area (Å²) in [5.41, 5.74) is 0.148. The van der Waals surface area contributed by atoms with Crippen LogP contribution < -0.4 is 0 Å². The lowest BCUT2D eigenvalue weighted by atomic mass is 9.86. The quantitative estimate of drug-likeness (QED) is 0.361. The molecule has 0 aromatic rings. The highest BCUT2D eigenvalue weighted by Crippen LogP contribution is 2.33. The van der Waals surface area contributed by atoms with Gasteiger partial charge in [-0.05, 0) is 19.3 Å². The highest BCUT2D eigenvalue weighted by Gasteiger charge is 2.31. The molecule has 17 heavy (non-hydrogen) atoms. The third kappa shape index (κ3) is 6.36. The molecule has 3 nitrogen and oxygen atoms in total. The zero-order valence-corrected chi connectivity index (χ0v) is 13.0. The standard InChI is InChI=1S/C13H25IO3/c1-15-8-5-9-16-10-11-17-13(12-14)6-3-2-4-7-13/h2-12H2,1H3. The van der Waals surface area contributed by atoms with E-state index in [0.29, 0.717) is 6.61 Å². The Bertz CT molecular complexity index is 182. The molecule has 102 valence electrons. The van der Waals surface area contributed by atoms with Crippen molar-refractivity contribution in [2.45, 2.75) is 44.1 Å². The van der Waals surface area contributed by atoms with E-state index < -0.39 is 0 Å². The number of ether oxygens (including phenoxy) is 3. The van der Waals surface area contributed by atoms with Gasteiger partial charge in [-0.25, -0.2) is 0 Å². The molecule has 0 atom stereocenters. The van der Waals surface area contributed by atoms with Gasteiger partial charge >= 0.3 is 0 Å². The Labute approximate surface area is 119 Å². The molecule has 0 unspecified atom stereocenters. The molecule has 0 aromatic heterocycles. The fraction of sp³-hybridized carbons (Fsp3) is 1.00. The lowest BCUT2D eigenvalue weighted by Gasteiger charge is -2.35. The number of alkyl halides is 1. The minimum absolute atomic E-state index is 0.148. The molecule has 4 heteroatoms. The Hall–Kier alpha value is 0.610. The molecule has 1 aliphatic carbocycles. The second kappa shape index (κ2) is 9.53. The van der Waals surface area contributed by atoms with Gasteiger partial charge in [0.15, 0.2) is 0 Å². The predicted octanol–water partition coefficient (Wildman–Crippen LogP) is 3.19. The summed E-state index contributed by atoms with van der Waals surface area (Å²) in [6, 6.07) is 0. The maximum atomic E-state index is 6.06. The Morgan fingerprint density at radius 1 is 1.00 bits per heavy atom. The number of hydrogen-bond donors (Lipinski definition) is 0. The topological polar surface area (TPSA) is 27.7 Å². The Morgan fingerprint density at radius 2 is 1.76 bits per heavy atom. The van der Waals surface area contributed by atoms with Gasteiger partial charge in [0.2, 0.25) is 0 Å². The van der Waals surface area contributed by atoms with Crippen LogP contribution in [0.15, 0.2) is 0 Å².